The van der Waals surface area contributed by atoms with Crippen LogP contribution in [0.5, 0.6) is 0 Å². The second-order valence-corrected chi connectivity index (χ2v) is 10.2. The van der Waals surface area contributed by atoms with Crippen molar-refractivity contribution in [1.29, 1.82) is 0 Å². The SMILES string of the molecule is Cc1nn(C)c(C)c1CCC(=O)N[C@H]1CC[C@@H](C(=O)N2C[C@H]3CCC[C@H]3C2)CN(C)C1. The third-order valence-corrected chi connectivity index (χ3v) is 7.94. The van der Waals surface area contributed by atoms with E-state index in [9.17, 15) is 9.59 Å². The molecule has 0 aromatic carbocycles. The maximum absolute atomic E-state index is 13.2. The van der Waals surface area contributed by atoms with Crippen molar-refractivity contribution in [3.8, 4) is 0 Å². The van der Waals surface area contributed by atoms with E-state index < -0.39 is 0 Å². The third-order valence-electron chi connectivity index (χ3n) is 7.94. The van der Waals surface area contributed by atoms with E-state index in [1.165, 1.54) is 24.8 Å². The number of carbonyl (C=O) groups is 2. The van der Waals surface area contributed by atoms with Crippen molar-refractivity contribution in [3.05, 3.63) is 17.0 Å². The molecule has 4 atom stereocenters. The van der Waals surface area contributed by atoms with E-state index in [0.717, 1.165) is 68.7 Å². The number of hydrogen-bond donors (Lipinski definition) is 1. The van der Waals surface area contributed by atoms with Gasteiger partial charge in [-0.15, -0.1) is 0 Å². The average molecular weight is 430 g/mol. The van der Waals surface area contributed by atoms with Crippen LogP contribution in [0.4, 0.5) is 0 Å². The first kappa shape index (κ1) is 22.3. The Balaban J connectivity index is 1.27. The highest BCUT2D eigenvalue weighted by atomic mass is 16.2. The molecule has 1 aromatic rings. The lowest BCUT2D eigenvalue weighted by Gasteiger charge is -2.25. The zero-order chi connectivity index (χ0) is 22.1. The number of fused-ring (bicyclic) bond motifs is 1. The molecule has 1 saturated carbocycles. The van der Waals surface area contributed by atoms with E-state index in [2.05, 4.69) is 34.2 Å². The van der Waals surface area contributed by atoms with Crippen LogP contribution in [0.1, 0.15) is 55.5 Å². The van der Waals surface area contributed by atoms with Gasteiger partial charge in [0, 0.05) is 51.4 Å². The molecule has 7 heteroatoms. The summed E-state index contributed by atoms with van der Waals surface area (Å²) in [6.45, 7) is 7.61. The number of rotatable bonds is 5. The van der Waals surface area contributed by atoms with Gasteiger partial charge in [0.1, 0.15) is 0 Å². The molecular weight excluding hydrogens is 390 g/mol. The minimum Gasteiger partial charge on any atom is -0.352 e. The number of carbonyl (C=O) groups excluding carboxylic acids is 2. The fraction of sp³-hybridized carbons (Fsp3) is 0.792. The van der Waals surface area contributed by atoms with E-state index in [-0.39, 0.29) is 17.9 Å². The molecule has 4 rings (SSSR count). The van der Waals surface area contributed by atoms with Gasteiger partial charge < -0.3 is 15.1 Å². The van der Waals surface area contributed by atoms with Crippen molar-refractivity contribution < 1.29 is 9.59 Å². The Hall–Kier alpha value is -1.89. The number of likely N-dealkylation sites (N-methyl/N-ethyl adjacent to an activating group) is 1. The number of hydrogen-bond acceptors (Lipinski definition) is 4. The van der Waals surface area contributed by atoms with Crippen LogP contribution >= 0.6 is 0 Å². The lowest BCUT2D eigenvalue weighted by Crippen LogP contribution is -2.42. The van der Waals surface area contributed by atoms with Crippen molar-refractivity contribution in [1.82, 2.24) is 24.9 Å². The van der Waals surface area contributed by atoms with E-state index in [0.29, 0.717) is 12.3 Å². The Labute approximate surface area is 186 Å². The number of nitrogens with one attached hydrogen (secondary N) is 1. The minimum atomic E-state index is 0.0615. The van der Waals surface area contributed by atoms with E-state index >= 15 is 0 Å². The number of nitrogens with zero attached hydrogens (tertiary/aromatic N) is 4. The Morgan fingerprint density at radius 1 is 1.00 bits per heavy atom. The summed E-state index contributed by atoms with van der Waals surface area (Å²) >= 11 is 0. The summed E-state index contributed by atoms with van der Waals surface area (Å²) < 4.78 is 1.88. The van der Waals surface area contributed by atoms with Gasteiger partial charge in [-0.1, -0.05) is 6.42 Å². The summed E-state index contributed by atoms with van der Waals surface area (Å²) in [4.78, 5) is 30.2. The maximum atomic E-state index is 13.2. The molecule has 172 valence electrons. The normalized spacial score (nSPS) is 29.1. The monoisotopic (exact) mass is 429 g/mol. The first-order valence-electron chi connectivity index (χ1n) is 12.1. The predicted molar refractivity (Wildman–Crippen MR) is 121 cm³/mol. The van der Waals surface area contributed by atoms with Crippen LogP contribution < -0.4 is 5.32 Å². The first-order valence-corrected chi connectivity index (χ1v) is 12.1. The molecule has 0 spiro atoms. The van der Waals surface area contributed by atoms with Gasteiger partial charge in [0.15, 0.2) is 0 Å². The fourth-order valence-corrected chi connectivity index (χ4v) is 6.12. The molecule has 2 aliphatic heterocycles. The summed E-state index contributed by atoms with van der Waals surface area (Å²) in [5.74, 6) is 1.98. The summed E-state index contributed by atoms with van der Waals surface area (Å²) in [5.41, 5.74) is 3.32. The minimum absolute atomic E-state index is 0.0615. The van der Waals surface area contributed by atoms with Gasteiger partial charge in [-0.25, -0.2) is 0 Å². The molecule has 3 aliphatic rings. The Morgan fingerprint density at radius 2 is 1.71 bits per heavy atom. The van der Waals surface area contributed by atoms with E-state index in [1.807, 2.05) is 18.7 Å². The smallest absolute Gasteiger partial charge is 0.226 e. The zero-order valence-corrected chi connectivity index (χ0v) is 19.7. The van der Waals surface area contributed by atoms with Crippen molar-refractivity contribution in [2.75, 3.05) is 33.2 Å². The highest BCUT2D eigenvalue weighted by Crippen LogP contribution is 2.38. The van der Waals surface area contributed by atoms with Gasteiger partial charge >= 0.3 is 0 Å². The molecule has 0 bridgehead atoms. The highest BCUT2D eigenvalue weighted by Gasteiger charge is 2.40. The van der Waals surface area contributed by atoms with Crippen LogP contribution in [-0.2, 0) is 23.1 Å². The van der Waals surface area contributed by atoms with Crippen LogP contribution in [0.2, 0.25) is 0 Å². The first-order chi connectivity index (χ1) is 14.8. The van der Waals surface area contributed by atoms with Gasteiger partial charge in [-0.2, -0.15) is 5.10 Å². The van der Waals surface area contributed by atoms with Gasteiger partial charge in [0.05, 0.1) is 11.6 Å². The number of amides is 2. The quantitative estimate of drug-likeness (QED) is 0.778. The Morgan fingerprint density at radius 3 is 2.35 bits per heavy atom. The lowest BCUT2D eigenvalue weighted by atomic mass is 10.00. The summed E-state index contributed by atoms with van der Waals surface area (Å²) in [6.07, 6.45) is 6.87. The molecular formula is C24H39N5O2. The van der Waals surface area contributed by atoms with Gasteiger partial charge in [-0.3, -0.25) is 14.3 Å². The van der Waals surface area contributed by atoms with Crippen LogP contribution in [0.3, 0.4) is 0 Å². The molecule has 7 nitrogen and oxygen atoms in total. The summed E-state index contributed by atoms with van der Waals surface area (Å²) in [6, 6.07) is 0.115. The van der Waals surface area contributed by atoms with Crippen molar-refractivity contribution in [2.45, 2.75) is 64.8 Å². The van der Waals surface area contributed by atoms with Crippen LogP contribution in [0, 0.1) is 31.6 Å². The van der Waals surface area contributed by atoms with Gasteiger partial charge in [0.2, 0.25) is 11.8 Å². The molecule has 0 unspecified atom stereocenters. The Kier molecular flexibility index (Phi) is 6.70. The third kappa shape index (κ3) is 4.97. The summed E-state index contributed by atoms with van der Waals surface area (Å²) in [5, 5.41) is 7.68. The summed E-state index contributed by atoms with van der Waals surface area (Å²) in [7, 11) is 4.02. The number of aromatic nitrogens is 2. The zero-order valence-electron chi connectivity index (χ0n) is 19.7. The largest absolute Gasteiger partial charge is 0.352 e. The van der Waals surface area contributed by atoms with Crippen LogP contribution in [-0.4, -0.2) is 70.7 Å². The average Bonchev–Trinajstić information content (AvgIpc) is 3.33. The molecule has 3 heterocycles. The lowest BCUT2D eigenvalue weighted by molar-refractivity contribution is -0.135. The molecule has 2 saturated heterocycles. The fourth-order valence-electron chi connectivity index (χ4n) is 6.12. The standard InChI is InChI=1S/C24H39N5O2/c1-16-22(17(2)28(4)26-16)10-11-23(30)25-21-9-8-20(12-27(3)15-21)24(31)29-13-18-6-5-7-19(18)14-29/h18-21H,5-15H2,1-4H3,(H,25,30)/t18-,19+,20-,21+/m1/s1. The van der Waals surface area contributed by atoms with Gasteiger partial charge in [-0.05, 0) is 70.4 Å². The molecule has 1 aliphatic carbocycles. The second kappa shape index (κ2) is 9.31. The molecule has 1 N–H and O–H groups in total. The molecule has 31 heavy (non-hydrogen) atoms. The van der Waals surface area contributed by atoms with E-state index in [4.69, 9.17) is 0 Å². The number of aryl methyl sites for hydroxylation is 2. The molecule has 0 radical (unpaired) electrons. The molecule has 1 aromatic heterocycles. The number of likely N-dealkylation sites (tertiary alicyclic amines) is 2. The topological polar surface area (TPSA) is 70.5 Å². The second-order valence-electron chi connectivity index (χ2n) is 10.2. The Bertz CT molecular complexity index is 807. The molecule has 3 fully saturated rings. The van der Waals surface area contributed by atoms with Crippen molar-refractivity contribution >= 4 is 11.8 Å². The predicted octanol–water partition coefficient (Wildman–Crippen LogP) is 2.05. The van der Waals surface area contributed by atoms with Crippen molar-refractivity contribution in [2.24, 2.45) is 24.8 Å². The van der Waals surface area contributed by atoms with Crippen LogP contribution in [0.25, 0.3) is 0 Å². The van der Waals surface area contributed by atoms with Gasteiger partial charge in [0.25, 0.3) is 0 Å². The highest BCUT2D eigenvalue weighted by molar-refractivity contribution is 5.79. The molecule has 2 amide bonds. The van der Waals surface area contributed by atoms with E-state index in [1.54, 1.807) is 0 Å². The van der Waals surface area contributed by atoms with Crippen molar-refractivity contribution in [3.63, 3.8) is 0 Å². The maximum Gasteiger partial charge on any atom is 0.226 e. The van der Waals surface area contributed by atoms with Crippen LogP contribution in [0.15, 0.2) is 0 Å².